The van der Waals surface area contributed by atoms with Crippen LogP contribution < -0.4 is 10.6 Å². The summed E-state index contributed by atoms with van der Waals surface area (Å²) in [7, 11) is 0. The highest BCUT2D eigenvalue weighted by atomic mass is 19.1. The summed E-state index contributed by atoms with van der Waals surface area (Å²) in [6, 6.07) is 4.49. The van der Waals surface area contributed by atoms with E-state index in [1.807, 2.05) is 0 Å². The van der Waals surface area contributed by atoms with Crippen LogP contribution in [0.3, 0.4) is 0 Å². The molecule has 7 heteroatoms. The van der Waals surface area contributed by atoms with Gasteiger partial charge in [0.2, 0.25) is 0 Å². The number of nitrogens with zero attached hydrogens (tertiary/aromatic N) is 1. The molecule has 1 atom stereocenters. The van der Waals surface area contributed by atoms with Gasteiger partial charge in [-0.25, -0.2) is 14.0 Å². The van der Waals surface area contributed by atoms with Crippen LogP contribution in [0.25, 0.3) is 0 Å². The molecular formula is C14H18FN3O3. The van der Waals surface area contributed by atoms with Crippen molar-refractivity contribution < 1.29 is 18.7 Å². The molecule has 0 saturated carbocycles. The summed E-state index contributed by atoms with van der Waals surface area (Å²) >= 11 is 0. The molecule has 21 heavy (non-hydrogen) atoms. The van der Waals surface area contributed by atoms with Gasteiger partial charge in [-0.15, -0.1) is 0 Å². The van der Waals surface area contributed by atoms with Crippen molar-refractivity contribution in [2.75, 3.05) is 31.6 Å². The van der Waals surface area contributed by atoms with Crippen molar-refractivity contribution in [1.29, 1.82) is 0 Å². The second-order valence-corrected chi connectivity index (χ2v) is 4.61. The standard InChI is InChI=1S/C14H18FN3O3/c1-2-21-13(19)12-9-16-6-7-18(12)14(20)17-11-5-3-4-10(15)8-11/h3-5,8,12,16H,2,6-7,9H2,1H3,(H,17,20). The minimum Gasteiger partial charge on any atom is -0.464 e. The van der Waals surface area contributed by atoms with Crippen LogP contribution in [0.4, 0.5) is 14.9 Å². The molecule has 1 aliphatic heterocycles. The molecule has 1 fully saturated rings. The van der Waals surface area contributed by atoms with Gasteiger partial charge in [0.05, 0.1) is 6.61 Å². The van der Waals surface area contributed by atoms with E-state index in [9.17, 15) is 14.0 Å². The number of anilines is 1. The first-order valence-electron chi connectivity index (χ1n) is 6.82. The van der Waals surface area contributed by atoms with Crippen LogP contribution >= 0.6 is 0 Å². The zero-order chi connectivity index (χ0) is 15.2. The minimum absolute atomic E-state index is 0.259. The molecule has 1 unspecified atom stereocenters. The number of benzene rings is 1. The van der Waals surface area contributed by atoms with Crippen molar-refractivity contribution in [1.82, 2.24) is 10.2 Å². The Morgan fingerprint density at radius 1 is 1.52 bits per heavy atom. The first-order chi connectivity index (χ1) is 10.1. The summed E-state index contributed by atoms with van der Waals surface area (Å²) in [6.07, 6.45) is 0. The summed E-state index contributed by atoms with van der Waals surface area (Å²) < 4.78 is 18.1. The average molecular weight is 295 g/mol. The topological polar surface area (TPSA) is 70.7 Å². The summed E-state index contributed by atoms with van der Waals surface area (Å²) in [5.41, 5.74) is 0.348. The van der Waals surface area contributed by atoms with E-state index in [1.54, 1.807) is 13.0 Å². The third-order valence-electron chi connectivity index (χ3n) is 3.14. The number of esters is 1. The van der Waals surface area contributed by atoms with Crippen molar-refractivity contribution in [2.45, 2.75) is 13.0 Å². The maximum absolute atomic E-state index is 13.1. The second kappa shape index (κ2) is 7.03. The Balaban J connectivity index is 2.06. The van der Waals surface area contributed by atoms with Crippen LogP contribution in [0.15, 0.2) is 24.3 Å². The number of piperazine rings is 1. The number of carbonyl (C=O) groups is 2. The van der Waals surface area contributed by atoms with Crippen LogP contribution in [0.2, 0.25) is 0 Å². The highest BCUT2D eigenvalue weighted by molar-refractivity contribution is 5.92. The Bertz CT molecular complexity index is 524. The molecule has 1 heterocycles. The molecule has 0 aliphatic carbocycles. The van der Waals surface area contributed by atoms with Gasteiger partial charge in [0.1, 0.15) is 11.9 Å². The maximum atomic E-state index is 13.1. The highest BCUT2D eigenvalue weighted by Crippen LogP contribution is 2.13. The van der Waals surface area contributed by atoms with Gasteiger partial charge in [-0.1, -0.05) is 6.07 Å². The van der Waals surface area contributed by atoms with Crippen molar-refractivity contribution in [2.24, 2.45) is 0 Å². The lowest BCUT2D eigenvalue weighted by atomic mass is 10.2. The smallest absolute Gasteiger partial charge is 0.330 e. The molecule has 0 radical (unpaired) electrons. The van der Waals surface area contributed by atoms with Gasteiger partial charge < -0.3 is 20.3 Å². The molecule has 114 valence electrons. The van der Waals surface area contributed by atoms with Gasteiger partial charge in [0, 0.05) is 25.3 Å². The number of nitrogens with one attached hydrogen (secondary N) is 2. The fourth-order valence-corrected chi connectivity index (χ4v) is 2.16. The van der Waals surface area contributed by atoms with E-state index < -0.39 is 23.9 Å². The van der Waals surface area contributed by atoms with E-state index in [1.165, 1.54) is 23.1 Å². The number of halogens is 1. The van der Waals surface area contributed by atoms with Crippen molar-refractivity contribution >= 4 is 17.7 Å². The number of urea groups is 1. The van der Waals surface area contributed by atoms with E-state index in [-0.39, 0.29) is 6.61 Å². The second-order valence-electron chi connectivity index (χ2n) is 4.61. The molecule has 1 saturated heterocycles. The predicted molar refractivity (Wildman–Crippen MR) is 75.4 cm³/mol. The number of hydrogen-bond donors (Lipinski definition) is 2. The number of ether oxygens (including phenoxy) is 1. The summed E-state index contributed by atoms with van der Waals surface area (Å²) in [4.78, 5) is 25.5. The molecular weight excluding hydrogens is 277 g/mol. The normalized spacial score (nSPS) is 18.2. The van der Waals surface area contributed by atoms with Gasteiger partial charge in [0.25, 0.3) is 0 Å². The lowest BCUT2D eigenvalue weighted by Gasteiger charge is -2.34. The van der Waals surface area contributed by atoms with Crippen LogP contribution in [0.1, 0.15) is 6.92 Å². The molecule has 1 aromatic rings. The number of hydrogen-bond acceptors (Lipinski definition) is 4. The van der Waals surface area contributed by atoms with Crippen molar-refractivity contribution in [3.63, 3.8) is 0 Å². The Labute approximate surface area is 122 Å². The van der Waals surface area contributed by atoms with Crippen LogP contribution in [-0.2, 0) is 9.53 Å². The third-order valence-corrected chi connectivity index (χ3v) is 3.14. The van der Waals surface area contributed by atoms with E-state index in [0.29, 0.717) is 25.3 Å². The Hall–Kier alpha value is -2.15. The SMILES string of the molecule is CCOC(=O)C1CNCCN1C(=O)Nc1cccc(F)c1. The molecule has 0 aromatic heterocycles. The zero-order valence-electron chi connectivity index (χ0n) is 11.8. The lowest BCUT2D eigenvalue weighted by Crippen LogP contribution is -2.58. The van der Waals surface area contributed by atoms with Gasteiger partial charge in [-0.3, -0.25) is 0 Å². The van der Waals surface area contributed by atoms with Crippen molar-refractivity contribution in [3.8, 4) is 0 Å². The van der Waals surface area contributed by atoms with Gasteiger partial charge in [-0.2, -0.15) is 0 Å². The number of carbonyl (C=O) groups excluding carboxylic acids is 2. The molecule has 1 aromatic carbocycles. The first kappa shape index (κ1) is 15.2. The largest absolute Gasteiger partial charge is 0.464 e. The average Bonchev–Trinajstić information content (AvgIpc) is 2.47. The quantitative estimate of drug-likeness (QED) is 0.822. The molecule has 2 rings (SSSR count). The van der Waals surface area contributed by atoms with Gasteiger partial charge in [-0.05, 0) is 25.1 Å². The van der Waals surface area contributed by atoms with E-state index in [0.717, 1.165) is 0 Å². The summed E-state index contributed by atoms with van der Waals surface area (Å²) in [5.74, 6) is -0.880. The number of rotatable bonds is 3. The molecule has 2 amide bonds. The predicted octanol–water partition coefficient (Wildman–Crippen LogP) is 1.19. The summed E-state index contributed by atoms with van der Waals surface area (Å²) in [5, 5.41) is 5.64. The molecule has 0 bridgehead atoms. The maximum Gasteiger partial charge on any atom is 0.330 e. The van der Waals surface area contributed by atoms with Crippen molar-refractivity contribution in [3.05, 3.63) is 30.1 Å². The van der Waals surface area contributed by atoms with E-state index in [2.05, 4.69) is 10.6 Å². The van der Waals surface area contributed by atoms with Gasteiger partial charge >= 0.3 is 12.0 Å². The summed E-state index contributed by atoms with van der Waals surface area (Å²) in [6.45, 7) is 3.28. The molecule has 1 aliphatic rings. The third kappa shape index (κ3) is 3.91. The van der Waals surface area contributed by atoms with E-state index in [4.69, 9.17) is 4.74 Å². The Morgan fingerprint density at radius 3 is 3.05 bits per heavy atom. The van der Waals surface area contributed by atoms with E-state index >= 15 is 0 Å². The van der Waals surface area contributed by atoms with Crippen LogP contribution in [0, 0.1) is 5.82 Å². The lowest BCUT2D eigenvalue weighted by molar-refractivity contribution is -0.148. The number of amides is 2. The Morgan fingerprint density at radius 2 is 2.33 bits per heavy atom. The monoisotopic (exact) mass is 295 g/mol. The molecule has 6 nitrogen and oxygen atoms in total. The van der Waals surface area contributed by atoms with Gasteiger partial charge in [0.15, 0.2) is 0 Å². The first-order valence-corrected chi connectivity index (χ1v) is 6.82. The molecule has 0 spiro atoms. The minimum atomic E-state index is -0.674. The van der Waals surface area contributed by atoms with Crippen LogP contribution in [-0.4, -0.2) is 49.2 Å². The highest BCUT2D eigenvalue weighted by Gasteiger charge is 2.33. The van der Waals surface area contributed by atoms with Crippen LogP contribution in [0.5, 0.6) is 0 Å². The zero-order valence-corrected chi connectivity index (χ0v) is 11.8. The fraction of sp³-hybridized carbons (Fsp3) is 0.429. The Kier molecular flexibility index (Phi) is 5.10. The fourth-order valence-electron chi connectivity index (χ4n) is 2.16. The molecule has 2 N–H and O–H groups in total.